The van der Waals surface area contributed by atoms with E-state index >= 15 is 0 Å². The Labute approximate surface area is 113 Å². The van der Waals surface area contributed by atoms with Gasteiger partial charge in [-0.25, -0.2) is 0 Å². The Morgan fingerprint density at radius 2 is 2.16 bits per heavy atom. The van der Waals surface area contributed by atoms with Gasteiger partial charge in [0.15, 0.2) is 0 Å². The molecule has 0 amide bonds. The predicted molar refractivity (Wildman–Crippen MR) is 74.6 cm³/mol. The van der Waals surface area contributed by atoms with Gasteiger partial charge >= 0.3 is 5.97 Å². The number of hydrogen-bond donors (Lipinski definition) is 2. The minimum atomic E-state index is -0.769. The van der Waals surface area contributed by atoms with E-state index in [4.69, 9.17) is 0 Å². The van der Waals surface area contributed by atoms with Gasteiger partial charge < -0.3 is 15.1 Å². The lowest BCUT2D eigenvalue weighted by Gasteiger charge is -2.38. The first kappa shape index (κ1) is 13.9. The lowest BCUT2D eigenvalue weighted by atomic mass is 9.89. The number of fused-ring (bicyclic) bond motifs is 1. The fourth-order valence-electron chi connectivity index (χ4n) is 2.57. The van der Waals surface area contributed by atoms with Gasteiger partial charge in [-0.3, -0.25) is 4.79 Å². The second kappa shape index (κ2) is 5.21. The summed E-state index contributed by atoms with van der Waals surface area (Å²) in [6.07, 6.45) is 1.26. The smallest absolute Gasteiger partial charge is 0.311 e. The molecular weight excluding hydrogens is 242 g/mol. The van der Waals surface area contributed by atoms with Gasteiger partial charge in [-0.05, 0) is 31.4 Å². The van der Waals surface area contributed by atoms with Crippen molar-refractivity contribution in [2.45, 2.75) is 38.2 Å². The zero-order valence-electron chi connectivity index (χ0n) is 11.5. The molecule has 0 radical (unpaired) electrons. The molecule has 4 heteroatoms. The molecule has 1 aromatic rings. The van der Waals surface area contributed by atoms with Crippen molar-refractivity contribution in [3.05, 3.63) is 29.8 Å². The Kier molecular flexibility index (Phi) is 3.80. The zero-order valence-corrected chi connectivity index (χ0v) is 11.5. The Morgan fingerprint density at radius 1 is 1.47 bits per heavy atom. The topological polar surface area (TPSA) is 60.8 Å². The van der Waals surface area contributed by atoms with Crippen LogP contribution in [0.4, 0.5) is 5.69 Å². The van der Waals surface area contributed by atoms with Crippen molar-refractivity contribution < 1.29 is 15.0 Å². The fraction of sp³-hybridized carbons (Fsp3) is 0.533. The number of carboxylic acid groups (broad SMARTS) is 1. The molecule has 2 atom stereocenters. The Hall–Kier alpha value is -1.55. The summed E-state index contributed by atoms with van der Waals surface area (Å²) in [6.45, 7) is 4.98. The maximum absolute atomic E-state index is 11.3. The largest absolute Gasteiger partial charge is 0.481 e. The van der Waals surface area contributed by atoms with Gasteiger partial charge in [-0.2, -0.15) is 0 Å². The van der Waals surface area contributed by atoms with Crippen molar-refractivity contribution in [1.82, 2.24) is 0 Å². The molecule has 0 saturated heterocycles. The monoisotopic (exact) mass is 263 g/mol. The molecule has 0 fully saturated rings. The van der Waals surface area contributed by atoms with Gasteiger partial charge in [0.2, 0.25) is 0 Å². The number of carboxylic acids is 1. The highest BCUT2D eigenvalue weighted by Gasteiger charge is 2.32. The van der Waals surface area contributed by atoms with E-state index in [0.717, 1.165) is 11.3 Å². The molecule has 104 valence electrons. The summed E-state index contributed by atoms with van der Waals surface area (Å²) in [5, 5.41) is 19.5. The van der Waals surface area contributed by atoms with Crippen LogP contribution in [0, 0.1) is 0 Å². The van der Waals surface area contributed by atoms with Crippen molar-refractivity contribution in [2.75, 3.05) is 18.0 Å². The summed E-state index contributed by atoms with van der Waals surface area (Å²) in [5.41, 5.74) is 1.05. The van der Waals surface area contributed by atoms with Crippen LogP contribution in [0.3, 0.4) is 0 Å². The summed E-state index contributed by atoms with van der Waals surface area (Å²) in [6, 6.07) is 7.60. The third kappa shape index (κ3) is 2.89. The Morgan fingerprint density at radius 3 is 2.79 bits per heavy atom. The number of anilines is 1. The SMILES string of the molecule is CCC(C)(O)CN1CCC(C(=O)O)c2ccccc21. The van der Waals surface area contributed by atoms with E-state index in [1.54, 1.807) is 0 Å². The normalized spacial score (nSPS) is 21.6. The van der Waals surface area contributed by atoms with E-state index in [0.29, 0.717) is 25.9 Å². The molecule has 0 aromatic heterocycles. The number of aliphatic carboxylic acids is 1. The highest BCUT2D eigenvalue weighted by Crippen LogP contribution is 2.36. The van der Waals surface area contributed by atoms with Crippen LogP contribution in [0.1, 0.15) is 38.2 Å². The number of aliphatic hydroxyl groups is 1. The van der Waals surface area contributed by atoms with Crippen LogP contribution >= 0.6 is 0 Å². The molecule has 0 aliphatic carbocycles. The average Bonchev–Trinajstić information content (AvgIpc) is 2.38. The number of β-amino-alcohol motifs (C(OH)–C–C–N with tert-alkyl or cyclic N) is 1. The van der Waals surface area contributed by atoms with E-state index in [1.165, 1.54) is 0 Å². The zero-order chi connectivity index (χ0) is 14.0. The van der Waals surface area contributed by atoms with Crippen molar-refractivity contribution in [2.24, 2.45) is 0 Å². The van der Waals surface area contributed by atoms with E-state index in [2.05, 4.69) is 4.90 Å². The van der Waals surface area contributed by atoms with Gasteiger partial charge in [-0.1, -0.05) is 25.1 Å². The first-order valence-electron chi connectivity index (χ1n) is 6.73. The molecule has 1 aliphatic rings. The van der Waals surface area contributed by atoms with Gasteiger partial charge in [0.25, 0.3) is 0 Å². The minimum Gasteiger partial charge on any atom is -0.481 e. The molecule has 0 saturated carbocycles. The van der Waals surface area contributed by atoms with Crippen molar-refractivity contribution in [3.63, 3.8) is 0 Å². The van der Waals surface area contributed by atoms with Crippen molar-refractivity contribution >= 4 is 11.7 Å². The molecule has 1 aromatic carbocycles. The number of benzene rings is 1. The summed E-state index contributed by atoms with van der Waals surface area (Å²) < 4.78 is 0. The van der Waals surface area contributed by atoms with Crippen LogP contribution in [0.2, 0.25) is 0 Å². The third-order valence-corrected chi connectivity index (χ3v) is 3.93. The highest BCUT2D eigenvalue weighted by atomic mass is 16.4. The van der Waals surface area contributed by atoms with Crippen LogP contribution in [0.5, 0.6) is 0 Å². The molecule has 4 nitrogen and oxygen atoms in total. The Balaban J connectivity index is 2.30. The lowest BCUT2D eigenvalue weighted by Crippen LogP contribution is -2.44. The number of hydrogen-bond acceptors (Lipinski definition) is 3. The second-order valence-corrected chi connectivity index (χ2v) is 5.51. The molecule has 2 rings (SSSR count). The first-order chi connectivity index (χ1) is 8.94. The van der Waals surface area contributed by atoms with Crippen molar-refractivity contribution in [1.29, 1.82) is 0 Å². The molecule has 19 heavy (non-hydrogen) atoms. The van der Waals surface area contributed by atoms with Crippen LogP contribution in [-0.4, -0.2) is 34.9 Å². The van der Waals surface area contributed by atoms with Crippen LogP contribution in [-0.2, 0) is 4.79 Å². The molecule has 2 unspecified atom stereocenters. The molecule has 0 bridgehead atoms. The number of para-hydroxylation sites is 1. The third-order valence-electron chi connectivity index (χ3n) is 3.93. The highest BCUT2D eigenvalue weighted by molar-refractivity contribution is 5.80. The average molecular weight is 263 g/mol. The molecule has 0 spiro atoms. The van der Waals surface area contributed by atoms with E-state index in [9.17, 15) is 15.0 Å². The van der Waals surface area contributed by atoms with Gasteiger partial charge in [0, 0.05) is 18.8 Å². The van der Waals surface area contributed by atoms with E-state index in [1.807, 2.05) is 38.1 Å². The lowest BCUT2D eigenvalue weighted by molar-refractivity contribution is -0.139. The molecule has 1 heterocycles. The quantitative estimate of drug-likeness (QED) is 0.874. The molecular formula is C15H21NO3. The standard InChI is InChI=1S/C15H21NO3/c1-3-15(2,19)10-16-9-8-12(14(17)18)11-6-4-5-7-13(11)16/h4-7,12,19H,3,8-10H2,1-2H3,(H,17,18). The fourth-order valence-corrected chi connectivity index (χ4v) is 2.57. The van der Waals surface area contributed by atoms with Crippen LogP contribution < -0.4 is 4.90 Å². The van der Waals surface area contributed by atoms with Gasteiger partial charge in [-0.15, -0.1) is 0 Å². The minimum absolute atomic E-state index is 0.431. The summed E-state index contributed by atoms with van der Waals surface area (Å²) in [5.74, 6) is -1.20. The van der Waals surface area contributed by atoms with Crippen LogP contribution in [0.15, 0.2) is 24.3 Å². The summed E-state index contributed by atoms with van der Waals surface area (Å²) in [4.78, 5) is 13.4. The van der Waals surface area contributed by atoms with Crippen LogP contribution in [0.25, 0.3) is 0 Å². The van der Waals surface area contributed by atoms with E-state index in [-0.39, 0.29) is 0 Å². The predicted octanol–water partition coefficient (Wildman–Crippen LogP) is 2.23. The molecule has 2 N–H and O–H groups in total. The number of carbonyl (C=O) groups is 1. The first-order valence-corrected chi connectivity index (χ1v) is 6.73. The second-order valence-electron chi connectivity index (χ2n) is 5.51. The maximum Gasteiger partial charge on any atom is 0.311 e. The van der Waals surface area contributed by atoms with Gasteiger partial charge in [0.1, 0.15) is 0 Å². The maximum atomic E-state index is 11.3. The Bertz CT molecular complexity index is 470. The number of rotatable bonds is 4. The van der Waals surface area contributed by atoms with Gasteiger partial charge in [0.05, 0.1) is 11.5 Å². The molecule has 1 aliphatic heterocycles. The summed E-state index contributed by atoms with van der Waals surface area (Å²) in [7, 11) is 0. The number of nitrogens with zero attached hydrogens (tertiary/aromatic N) is 1. The van der Waals surface area contributed by atoms with E-state index < -0.39 is 17.5 Å². The summed E-state index contributed by atoms with van der Waals surface area (Å²) >= 11 is 0. The van der Waals surface area contributed by atoms with Crippen molar-refractivity contribution in [3.8, 4) is 0 Å².